The number of rotatable bonds is 5. The number of carbonyl (C=O) groups excluding carboxylic acids is 1. The van der Waals surface area contributed by atoms with E-state index in [4.69, 9.17) is 16.3 Å². The van der Waals surface area contributed by atoms with Gasteiger partial charge in [0.1, 0.15) is 12.2 Å². The van der Waals surface area contributed by atoms with E-state index in [0.29, 0.717) is 66.5 Å². The molecule has 0 radical (unpaired) electrons. The smallest absolute Gasteiger partial charge is 0.247 e. The molecule has 0 saturated carbocycles. The van der Waals surface area contributed by atoms with E-state index in [2.05, 4.69) is 30.5 Å². The summed E-state index contributed by atoms with van der Waals surface area (Å²) in [6.07, 6.45) is 7.74. The summed E-state index contributed by atoms with van der Waals surface area (Å²) in [6.45, 7) is 0.905. The summed E-state index contributed by atoms with van der Waals surface area (Å²) >= 11 is 6.11. The molecular formula is C26H21ClF2N8O2. The second-order valence-electron chi connectivity index (χ2n) is 9.85. The van der Waals surface area contributed by atoms with E-state index < -0.39 is 11.6 Å². The van der Waals surface area contributed by atoms with Gasteiger partial charge in [-0.2, -0.15) is 4.68 Å². The number of carbonyl (C=O) groups is 1. The number of H-pyrrole nitrogens is 1. The fourth-order valence-electron chi connectivity index (χ4n) is 5.69. The second kappa shape index (κ2) is 9.31. The highest BCUT2D eigenvalue weighted by atomic mass is 35.5. The van der Waals surface area contributed by atoms with Gasteiger partial charge in [0.05, 0.1) is 53.5 Å². The van der Waals surface area contributed by atoms with E-state index in [-0.39, 0.29) is 34.5 Å². The Bertz CT molecular complexity index is 1620. The lowest BCUT2D eigenvalue weighted by molar-refractivity contribution is -0.129. The fraction of sp³-hybridized carbons (Fsp3) is 0.308. The number of aromatic nitrogens is 7. The Balaban J connectivity index is 1.19. The zero-order chi connectivity index (χ0) is 26.7. The summed E-state index contributed by atoms with van der Waals surface area (Å²) in [5.41, 5.74) is 2.40. The minimum absolute atomic E-state index is 0.0543. The average molecular weight is 551 g/mol. The van der Waals surface area contributed by atoms with Gasteiger partial charge in [-0.05, 0) is 53.5 Å². The molecule has 39 heavy (non-hydrogen) atoms. The lowest BCUT2D eigenvalue weighted by Crippen LogP contribution is -2.39. The Morgan fingerprint density at radius 3 is 2.74 bits per heavy atom. The highest BCUT2D eigenvalue weighted by Gasteiger charge is 2.42. The number of ether oxygens (including phenoxy) is 1. The first-order valence-electron chi connectivity index (χ1n) is 12.5. The van der Waals surface area contributed by atoms with Gasteiger partial charge in [0, 0.05) is 29.4 Å². The maximum absolute atomic E-state index is 15.3. The van der Waals surface area contributed by atoms with Crippen molar-refractivity contribution in [3.8, 4) is 16.9 Å². The Hall–Kier alpha value is -4.03. The summed E-state index contributed by atoms with van der Waals surface area (Å²) in [4.78, 5) is 27.2. The number of halogens is 3. The molecule has 13 heteroatoms. The van der Waals surface area contributed by atoms with Crippen LogP contribution >= 0.6 is 11.6 Å². The fourth-order valence-corrected chi connectivity index (χ4v) is 5.85. The predicted octanol–water partition coefficient (Wildman–Crippen LogP) is 4.01. The van der Waals surface area contributed by atoms with Crippen LogP contribution in [0.5, 0.6) is 0 Å². The largest absolute Gasteiger partial charge is 0.380 e. The van der Waals surface area contributed by atoms with Crippen molar-refractivity contribution in [1.29, 1.82) is 0 Å². The van der Waals surface area contributed by atoms with E-state index in [0.717, 1.165) is 0 Å². The van der Waals surface area contributed by atoms with Crippen molar-refractivity contribution in [3.63, 3.8) is 0 Å². The summed E-state index contributed by atoms with van der Waals surface area (Å²) in [6, 6.07) is 4.18. The van der Waals surface area contributed by atoms with Crippen LogP contribution in [-0.4, -0.2) is 65.2 Å². The number of fused-ring (bicyclic) bond motifs is 1. The molecule has 198 valence electrons. The number of nitrogens with zero attached hydrogens (tertiary/aromatic N) is 7. The van der Waals surface area contributed by atoms with Crippen LogP contribution in [0.4, 0.5) is 8.78 Å². The van der Waals surface area contributed by atoms with Crippen LogP contribution in [0.3, 0.4) is 0 Å². The molecule has 2 atom stereocenters. The number of nitrogens with one attached hydrogen (secondary N) is 1. The molecule has 0 unspecified atom stereocenters. The van der Waals surface area contributed by atoms with Crippen LogP contribution in [-0.2, 0) is 9.53 Å². The van der Waals surface area contributed by atoms with Crippen LogP contribution in [0.2, 0.25) is 5.02 Å². The van der Waals surface area contributed by atoms with Crippen LogP contribution in [0.15, 0.2) is 43.0 Å². The van der Waals surface area contributed by atoms with Gasteiger partial charge in [0.2, 0.25) is 5.91 Å². The molecule has 4 aromatic rings. The number of imidazole rings is 1. The molecule has 2 fully saturated rings. The minimum atomic E-state index is -0.630. The lowest BCUT2D eigenvalue weighted by Gasteiger charge is -2.33. The molecule has 1 amide bonds. The number of benzene rings is 1. The van der Waals surface area contributed by atoms with Crippen molar-refractivity contribution < 1.29 is 18.3 Å². The third kappa shape index (κ3) is 3.93. The predicted molar refractivity (Wildman–Crippen MR) is 135 cm³/mol. The van der Waals surface area contributed by atoms with E-state index in [9.17, 15) is 4.79 Å². The molecule has 6 heterocycles. The summed E-state index contributed by atoms with van der Waals surface area (Å²) in [7, 11) is 0. The topological polar surface area (TPSA) is 115 Å². The molecule has 0 spiro atoms. The van der Waals surface area contributed by atoms with Crippen LogP contribution in [0, 0.1) is 11.6 Å². The standard InChI is InChI=1S/C26H21ClF2N8O2/c27-17-2-4-19(36-12-32-34-35-36)22(24(17)29)13-7-15-1-3-20(37(15)21(38)8-13)26-31-9-18(33-26)16-5-6-30-25(23(16)28)14-10-39-11-14/h2,4-6,8-9,12,14-15,20H,1,3,7,10-11H2,(H,31,33)/t15-,20+/m1/s1. The van der Waals surface area contributed by atoms with Crippen molar-refractivity contribution in [2.75, 3.05) is 13.2 Å². The Kier molecular flexibility index (Phi) is 5.74. The first kappa shape index (κ1) is 24.0. The maximum Gasteiger partial charge on any atom is 0.247 e. The van der Waals surface area contributed by atoms with Gasteiger partial charge in [-0.15, -0.1) is 5.10 Å². The Morgan fingerprint density at radius 2 is 1.97 bits per heavy atom. The van der Waals surface area contributed by atoms with Gasteiger partial charge in [-0.1, -0.05) is 11.6 Å². The molecule has 1 aromatic carbocycles. The molecule has 3 aliphatic rings. The van der Waals surface area contributed by atoms with E-state index in [1.165, 1.54) is 23.2 Å². The van der Waals surface area contributed by atoms with Crippen molar-refractivity contribution in [3.05, 3.63) is 76.7 Å². The first-order valence-corrected chi connectivity index (χ1v) is 12.9. The molecule has 0 aliphatic carbocycles. The van der Waals surface area contributed by atoms with Crippen molar-refractivity contribution in [2.24, 2.45) is 0 Å². The van der Waals surface area contributed by atoms with Gasteiger partial charge < -0.3 is 14.6 Å². The number of pyridine rings is 1. The lowest BCUT2D eigenvalue weighted by atomic mass is 9.92. The Morgan fingerprint density at radius 1 is 1.10 bits per heavy atom. The normalized spacial score (nSPS) is 21.2. The van der Waals surface area contributed by atoms with Gasteiger partial charge >= 0.3 is 0 Å². The maximum atomic E-state index is 15.3. The van der Waals surface area contributed by atoms with Crippen molar-refractivity contribution >= 4 is 23.1 Å². The van der Waals surface area contributed by atoms with Crippen molar-refractivity contribution in [2.45, 2.75) is 37.3 Å². The molecule has 7 rings (SSSR count). The average Bonchev–Trinajstić information content (AvgIpc) is 3.66. The van der Waals surface area contributed by atoms with Gasteiger partial charge in [0.25, 0.3) is 0 Å². The van der Waals surface area contributed by atoms with Gasteiger partial charge in [-0.3, -0.25) is 9.78 Å². The number of tetrazole rings is 1. The molecule has 10 nitrogen and oxygen atoms in total. The zero-order valence-electron chi connectivity index (χ0n) is 20.4. The molecular weight excluding hydrogens is 530 g/mol. The monoisotopic (exact) mass is 550 g/mol. The third-order valence-electron chi connectivity index (χ3n) is 7.64. The number of hydrogen-bond donors (Lipinski definition) is 1. The highest BCUT2D eigenvalue weighted by Crippen LogP contribution is 2.44. The van der Waals surface area contributed by atoms with E-state index in [1.807, 2.05) is 0 Å². The number of hydrogen-bond acceptors (Lipinski definition) is 7. The second-order valence-corrected chi connectivity index (χ2v) is 10.3. The highest BCUT2D eigenvalue weighted by molar-refractivity contribution is 6.31. The molecule has 0 bridgehead atoms. The molecule has 3 aromatic heterocycles. The van der Waals surface area contributed by atoms with Crippen LogP contribution in [0.25, 0.3) is 22.5 Å². The van der Waals surface area contributed by atoms with Gasteiger partial charge in [0.15, 0.2) is 11.6 Å². The van der Waals surface area contributed by atoms with E-state index >= 15 is 8.78 Å². The van der Waals surface area contributed by atoms with Crippen LogP contribution < -0.4 is 0 Å². The Labute approximate surface area is 225 Å². The summed E-state index contributed by atoms with van der Waals surface area (Å²) < 4.78 is 37.1. The third-order valence-corrected chi connectivity index (χ3v) is 7.93. The molecule has 1 N–H and O–H groups in total. The molecule has 3 aliphatic heterocycles. The zero-order valence-corrected chi connectivity index (χ0v) is 21.1. The quantitative estimate of drug-likeness (QED) is 0.399. The summed E-state index contributed by atoms with van der Waals surface area (Å²) in [5.74, 6) is -0.763. The minimum Gasteiger partial charge on any atom is -0.380 e. The van der Waals surface area contributed by atoms with Crippen LogP contribution in [0.1, 0.15) is 48.3 Å². The van der Waals surface area contributed by atoms with Crippen molar-refractivity contribution in [1.82, 2.24) is 40.1 Å². The van der Waals surface area contributed by atoms with Gasteiger partial charge in [-0.25, -0.2) is 13.8 Å². The number of amides is 1. The number of aromatic amines is 1. The molecule has 2 saturated heterocycles. The first-order chi connectivity index (χ1) is 19.0. The van der Waals surface area contributed by atoms with E-state index in [1.54, 1.807) is 29.4 Å². The SMILES string of the molecule is O=C1C=C(c2c(-n3cnnn3)ccc(Cl)c2F)C[C@H]2CC[C@@H](c3ncc(-c4ccnc(C5COC5)c4F)[nH]3)N12. The summed E-state index contributed by atoms with van der Waals surface area (Å²) in [5, 5.41) is 11.1.